The molecule has 0 saturated heterocycles. The summed E-state index contributed by atoms with van der Waals surface area (Å²) in [5.41, 5.74) is 5.83. The SMILES string of the molecule is CC[C@H](C)[C@H](NC(=O)C1CCC(CNC(=O)[C@@H](N)C(C)C)CC1)C(=O)O. The third kappa shape index (κ3) is 6.59. The van der Waals surface area contributed by atoms with E-state index >= 15 is 0 Å². The Balaban J connectivity index is 2.42. The summed E-state index contributed by atoms with van der Waals surface area (Å²) in [4.78, 5) is 35.7. The zero-order valence-electron chi connectivity index (χ0n) is 16.5. The standard InChI is InChI=1S/C19H35N3O4/c1-5-12(4)16(19(25)26)22-17(23)14-8-6-13(7-9-14)10-21-18(24)15(20)11(2)3/h11-16H,5-10,20H2,1-4H3,(H,21,24)(H,22,23)(H,25,26)/t12-,13?,14?,15-,16-/m0/s1. The van der Waals surface area contributed by atoms with E-state index in [9.17, 15) is 19.5 Å². The van der Waals surface area contributed by atoms with Crippen molar-refractivity contribution in [2.24, 2.45) is 29.4 Å². The van der Waals surface area contributed by atoms with Crippen molar-refractivity contribution in [2.75, 3.05) is 6.54 Å². The van der Waals surface area contributed by atoms with Crippen LogP contribution < -0.4 is 16.4 Å². The summed E-state index contributed by atoms with van der Waals surface area (Å²) in [5.74, 6) is -1.08. The third-order valence-electron chi connectivity index (χ3n) is 5.58. The minimum Gasteiger partial charge on any atom is -0.480 e. The average molecular weight is 370 g/mol. The van der Waals surface area contributed by atoms with Crippen LogP contribution in [0.15, 0.2) is 0 Å². The molecule has 3 atom stereocenters. The lowest BCUT2D eigenvalue weighted by atomic mass is 9.81. The van der Waals surface area contributed by atoms with Gasteiger partial charge in [-0.15, -0.1) is 0 Å². The van der Waals surface area contributed by atoms with Gasteiger partial charge in [-0.2, -0.15) is 0 Å². The molecule has 1 fully saturated rings. The lowest BCUT2D eigenvalue weighted by Gasteiger charge is -2.30. The number of rotatable bonds is 9. The molecule has 0 aromatic carbocycles. The minimum atomic E-state index is -0.981. The molecule has 0 radical (unpaired) electrons. The highest BCUT2D eigenvalue weighted by atomic mass is 16.4. The highest BCUT2D eigenvalue weighted by molar-refractivity contribution is 5.85. The molecule has 1 saturated carbocycles. The molecule has 7 heteroatoms. The number of carboxylic acid groups (broad SMARTS) is 1. The molecule has 0 bridgehead atoms. The number of hydrogen-bond donors (Lipinski definition) is 4. The van der Waals surface area contributed by atoms with Crippen molar-refractivity contribution in [3.05, 3.63) is 0 Å². The molecule has 0 heterocycles. The van der Waals surface area contributed by atoms with E-state index in [4.69, 9.17) is 5.73 Å². The zero-order chi connectivity index (χ0) is 19.9. The second-order valence-corrected chi connectivity index (χ2v) is 7.94. The Labute approximate surface area is 156 Å². The molecule has 0 aromatic rings. The first kappa shape index (κ1) is 22.4. The summed E-state index contributed by atoms with van der Waals surface area (Å²) in [7, 11) is 0. The van der Waals surface area contributed by atoms with Gasteiger partial charge in [0.15, 0.2) is 0 Å². The highest BCUT2D eigenvalue weighted by Gasteiger charge is 2.31. The Morgan fingerprint density at radius 1 is 1.12 bits per heavy atom. The molecule has 1 aliphatic rings. The monoisotopic (exact) mass is 369 g/mol. The van der Waals surface area contributed by atoms with Gasteiger partial charge in [-0.1, -0.05) is 34.1 Å². The minimum absolute atomic E-state index is 0.0992. The first-order valence-electron chi connectivity index (χ1n) is 9.73. The molecule has 150 valence electrons. The summed E-state index contributed by atoms with van der Waals surface area (Å²) in [5, 5.41) is 14.9. The van der Waals surface area contributed by atoms with Crippen molar-refractivity contribution < 1.29 is 19.5 Å². The lowest BCUT2D eigenvalue weighted by molar-refractivity contribution is -0.144. The Morgan fingerprint density at radius 3 is 2.15 bits per heavy atom. The van der Waals surface area contributed by atoms with Crippen LogP contribution in [0.25, 0.3) is 0 Å². The van der Waals surface area contributed by atoms with Gasteiger partial charge in [0, 0.05) is 12.5 Å². The van der Waals surface area contributed by atoms with Gasteiger partial charge >= 0.3 is 5.97 Å². The highest BCUT2D eigenvalue weighted by Crippen LogP contribution is 2.29. The van der Waals surface area contributed by atoms with Crippen molar-refractivity contribution in [3.63, 3.8) is 0 Å². The van der Waals surface area contributed by atoms with Gasteiger partial charge < -0.3 is 21.5 Å². The zero-order valence-corrected chi connectivity index (χ0v) is 16.5. The number of hydrogen-bond acceptors (Lipinski definition) is 4. The fraction of sp³-hybridized carbons (Fsp3) is 0.842. The summed E-state index contributed by atoms with van der Waals surface area (Å²) in [6.45, 7) is 8.16. The topological polar surface area (TPSA) is 122 Å². The van der Waals surface area contributed by atoms with Crippen molar-refractivity contribution >= 4 is 17.8 Å². The third-order valence-corrected chi connectivity index (χ3v) is 5.58. The number of amides is 2. The molecule has 0 aliphatic heterocycles. The van der Waals surface area contributed by atoms with E-state index in [0.717, 1.165) is 25.7 Å². The summed E-state index contributed by atoms with van der Waals surface area (Å²) < 4.78 is 0. The van der Waals surface area contributed by atoms with Crippen LogP contribution in [0.4, 0.5) is 0 Å². The van der Waals surface area contributed by atoms with Gasteiger partial charge in [0.05, 0.1) is 6.04 Å². The fourth-order valence-electron chi connectivity index (χ4n) is 3.25. The van der Waals surface area contributed by atoms with Crippen LogP contribution >= 0.6 is 0 Å². The molecule has 1 aliphatic carbocycles. The van der Waals surface area contributed by atoms with E-state index in [1.165, 1.54) is 0 Å². The quantitative estimate of drug-likeness (QED) is 0.491. The fourth-order valence-corrected chi connectivity index (χ4v) is 3.25. The van der Waals surface area contributed by atoms with E-state index in [1.54, 1.807) is 0 Å². The predicted molar refractivity (Wildman–Crippen MR) is 100 cm³/mol. The predicted octanol–water partition coefficient (Wildman–Crippen LogP) is 1.51. The van der Waals surface area contributed by atoms with Gasteiger partial charge in [0.2, 0.25) is 11.8 Å². The van der Waals surface area contributed by atoms with Crippen LogP contribution in [0.2, 0.25) is 0 Å². The number of carbonyl (C=O) groups is 3. The van der Waals surface area contributed by atoms with E-state index in [2.05, 4.69) is 10.6 Å². The van der Waals surface area contributed by atoms with Crippen LogP contribution in [0.3, 0.4) is 0 Å². The molecule has 0 aromatic heterocycles. The Hall–Kier alpha value is -1.63. The molecule has 5 N–H and O–H groups in total. The summed E-state index contributed by atoms with van der Waals surface area (Å²) in [6.07, 6.45) is 3.82. The maximum Gasteiger partial charge on any atom is 0.326 e. The molecule has 1 rings (SSSR count). The number of carbonyl (C=O) groups excluding carboxylic acids is 2. The lowest BCUT2D eigenvalue weighted by Crippen LogP contribution is -2.48. The molecule has 0 spiro atoms. The van der Waals surface area contributed by atoms with Crippen molar-refractivity contribution in [3.8, 4) is 0 Å². The van der Waals surface area contributed by atoms with Crippen LogP contribution in [0.5, 0.6) is 0 Å². The van der Waals surface area contributed by atoms with Crippen molar-refractivity contribution in [2.45, 2.75) is 71.9 Å². The van der Waals surface area contributed by atoms with Crippen LogP contribution in [0, 0.1) is 23.7 Å². The second-order valence-electron chi connectivity index (χ2n) is 7.94. The van der Waals surface area contributed by atoms with Crippen LogP contribution in [-0.2, 0) is 14.4 Å². The van der Waals surface area contributed by atoms with E-state index in [1.807, 2.05) is 27.7 Å². The summed E-state index contributed by atoms with van der Waals surface area (Å²) in [6, 6.07) is -1.33. The normalized spacial score (nSPS) is 23.8. The smallest absolute Gasteiger partial charge is 0.326 e. The first-order valence-corrected chi connectivity index (χ1v) is 9.73. The molecule has 7 nitrogen and oxygen atoms in total. The van der Waals surface area contributed by atoms with Crippen LogP contribution in [0.1, 0.15) is 59.8 Å². The number of nitrogens with two attached hydrogens (primary N) is 1. The number of aliphatic carboxylic acids is 1. The van der Waals surface area contributed by atoms with Crippen LogP contribution in [-0.4, -0.2) is 41.5 Å². The Bertz CT molecular complexity index is 487. The number of nitrogens with one attached hydrogen (secondary N) is 2. The molecular weight excluding hydrogens is 334 g/mol. The van der Waals surface area contributed by atoms with Crippen molar-refractivity contribution in [1.82, 2.24) is 10.6 Å². The van der Waals surface area contributed by atoms with Crippen molar-refractivity contribution in [1.29, 1.82) is 0 Å². The van der Waals surface area contributed by atoms with Gasteiger partial charge in [0.25, 0.3) is 0 Å². The summed E-state index contributed by atoms with van der Waals surface area (Å²) >= 11 is 0. The molecule has 26 heavy (non-hydrogen) atoms. The van der Waals surface area contributed by atoms with E-state index < -0.39 is 18.1 Å². The van der Waals surface area contributed by atoms with E-state index in [-0.39, 0.29) is 29.6 Å². The van der Waals surface area contributed by atoms with Gasteiger partial charge in [-0.3, -0.25) is 9.59 Å². The first-order chi connectivity index (χ1) is 12.2. The molecule has 2 amide bonds. The van der Waals surface area contributed by atoms with Gasteiger partial charge in [-0.25, -0.2) is 4.79 Å². The largest absolute Gasteiger partial charge is 0.480 e. The average Bonchev–Trinajstić information content (AvgIpc) is 2.62. The Kier molecular flexibility index (Phi) is 9.05. The van der Waals surface area contributed by atoms with E-state index in [0.29, 0.717) is 18.9 Å². The Morgan fingerprint density at radius 2 is 1.69 bits per heavy atom. The van der Waals surface area contributed by atoms with Gasteiger partial charge in [-0.05, 0) is 43.4 Å². The maximum atomic E-state index is 12.4. The number of carboxylic acids is 1. The second kappa shape index (κ2) is 10.5. The van der Waals surface area contributed by atoms with Gasteiger partial charge in [0.1, 0.15) is 6.04 Å². The molecular formula is C19H35N3O4. The molecule has 0 unspecified atom stereocenters. The maximum absolute atomic E-state index is 12.4.